The van der Waals surface area contributed by atoms with Crippen LogP contribution in [0.25, 0.3) is 0 Å². The third kappa shape index (κ3) is 4.25. The summed E-state index contributed by atoms with van der Waals surface area (Å²) < 4.78 is 0. The van der Waals surface area contributed by atoms with Gasteiger partial charge in [0.05, 0.1) is 17.0 Å². The van der Waals surface area contributed by atoms with Crippen molar-refractivity contribution in [3.8, 4) is 0 Å². The minimum atomic E-state index is -0.828. The van der Waals surface area contributed by atoms with Crippen LogP contribution in [-0.2, 0) is 5.60 Å². The molecule has 1 aromatic rings. The van der Waals surface area contributed by atoms with E-state index in [1.165, 1.54) is 0 Å². The molecule has 1 aromatic heterocycles. The zero-order valence-electron chi connectivity index (χ0n) is 14.2. The fourth-order valence-electron chi connectivity index (χ4n) is 3.34. The number of hydrogen-bond acceptors (Lipinski definition) is 4. The van der Waals surface area contributed by atoms with Crippen molar-refractivity contribution >= 4 is 11.4 Å². The topological polar surface area (TPSA) is 80.8 Å². The summed E-state index contributed by atoms with van der Waals surface area (Å²) in [5.41, 5.74) is 2.06. The van der Waals surface area contributed by atoms with Crippen LogP contribution in [0, 0.1) is 23.2 Å². The predicted molar refractivity (Wildman–Crippen MR) is 94.1 cm³/mol. The maximum Gasteiger partial charge on any atom is 0.0911 e. The minimum absolute atomic E-state index is 0.302. The van der Waals surface area contributed by atoms with Gasteiger partial charge >= 0.3 is 0 Å². The number of hydrogen-bond donors (Lipinski definition) is 3. The molecule has 23 heavy (non-hydrogen) atoms. The number of nitrogens with one attached hydrogen (secondary N) is 2. The number of pyridine rings is 1. The van der Waals surface area contributed by atoms with Gasteiger partial charge in [-0.1, -0.05) is 26.3 Å². The lowest BCUT2D eigenvalue weighted by Crippen LogP contribution is -2.34. The van der Waals surface area contributed by atoms with E-state index in [1.54, 1.807) is 6.20 Å². The van der Waals surface area contributed by atoms with Crippen LogP contribution < -0.4 is 0 Å². The Kier molecular flexibility index (Phi) is 6.05. The van der Waals surface area contributed by atoms with Gasteiger partial charge < -0.3 is 15.9 Å². The highest BCUT2D eigenvalue weighted by molar-refractivity contribution is 5.96. The summed E-state index contributed by atoms with van der Waals surface area (Å²) in [5, 5.41) is 27.0. The second-order valence-electron chi connectivity index (χ2n) is 6.60. The lowest BCUT2D eigenvalue weighted by molar-refractivity contribution is -0.00741. The lowest BCUT2D eigenvalue weighted by atomic mass is 9.73. The number of aromatic nitrogens is 1. The van der Waals surface area contributed by atoms with Crippen LogP contribution in [0.15, 0.2) is 18.3 Å². The zero-order chi connectivity index (χ0) is 16.9. The third-order valence-corrected chi connectivity index (χ3v) is 4.84. The fourth-order valence-corrected chi connectivity index (χ4v) is 3.34. The zero-order valence-corrected chi connectivity index (χ0v) is 14.2. The van der Waals surface area contributed by atoms with Crippen molar-refractivity contribution < 1.29 is 5.11 Å². The van der Waals surface area contributed by atoms with Crippen molar-refractivity contribution in [2.45, 2.75) is 64.4 Å². The molecule has 1 aliphatic rings. The Morgan fingerprint density at radius 2 is 2.04 bits per heavy atom. The summed E-state index contributed by atoms with van der Waals surface area (Å²) in [6.45, 7) is 4.04. The summed E-state index contributed by atoms with van der Waals surface area (Å²) in [6, 6.07) is 3.77. The molecular formula is C19H28N3O. The molecule has 0 saturated heterocycles. The largest absolute Gasteiger partial charge is 0.385 e. The normalized spacial score (nSPS) is 24.4. The summed E-state index contributed by atoms with van der Waals surface area (Å²) >= 11 is 0. The smallest absolute Gasteiger partial charge is 0.0911 e. The molecule has 1 aliphatic carbocycles. The first kappa shape index (κ1) is 17.8. The van der Waals surface area contributed by atoms with Gasteiger partial charge in [0.25, 0.3) is 0 Å². The van der Waals surface area contributed by atoms with E-state index in [9.17, 15) is 5.11 Å². The average Bonchev–Trinajstić information content (AvgIpc) is 2.56. The first-order chi connectivity index (χ1) is 11.0. The van der Waals surface area contributed by atoms with Gasteiger partial charge in [0.2, 0.25) is 0 Å². The summed E-state index contributed by atoms with van der Waals surface area (Å²) in [7, 11) is 0. The maximum atomic E-state index is 10.9. The van der Waals surface area contributed by atoms with Gasteiger partial charge in [-0.3, -0.25) is 4.98 Å². The van der Waals surface area contributed by atoms with E-state index in [4.69, 9.17) is 10.8 Å². The molecule has 0 aliphatic heterocycles. The lowest BCUT2D eigenvalue weighted by Gasteiger charge is -2.36. The Labute approximate surface area is 139 Å². The highest BCUT2D eigenvalue weighted by Gasteiger charge is 2.36. The molecule has 1 radical (unpaired) electrons. The van der Waals surface area contributed by atoms with Crippen LogP contribution in [0.3, 0.4) is 0 Å². The third-order valence-electron chi connectivity index (χ3n) is 4.84. The second-order valence-corrected chi connectivity index (χ2v) is 6.60. The van der Waals surface area contributed by atoms with E-state index in [0.717, 1.165) is 43.4 Å². The molecular weight excluding hydrogens is 286 g/mol. The molecule has 0 aromatic carbocycles. The van der Waals surface area contributed by atoms with Crippen molar-refractivity contribution in [2.24, 2.45) is 5.92 Å². The Morgan fingerprint density at radius 1 is 1.35 bits per heavy atom. The predicted octanol–water partition coefficient (Wildman–Crippen LogP) is 4.26. The van der Waals surface area contributed by atoms with Crippen molar-refractivity contribution in [1.29, 1.82) is 10.8 Å². The summed E-state index contributed by atoms with van der Waals surface area (Å²) in [4.78, 5) is 4.37. The molecule has 0 spiro atoms. The van der Waals surface area contributed by atoms with Crippen molar-refractivity contribution in [2.75, 3.05) is 0 Å². The highest BCUT2D eigenvalue weighted by Crippen LogP contribution is 2.40. The van der Waals surface area contributed by atoms with Gasteiger partial charge in [-0.25, -0.2) is 0 Å². The molecule has 1 heterocycles. The molecule has 2 rings (SSSR count). The van der Waals surface area contributed by atoms with Crippen LogP contribution in [0.4, 0.5) is 0 Å². The molecule has 1 saturated carbocycles. The molecule has 3 N–H and O–H groups in total. The number of rotatable bonds is 7. The van der Waals surface area contributed by atoms with E-state index in [1.807, 2.05) is 25.5 Å². The molecule has 0 amide bonds. The first-order valence-corrected chi connectivity index (χ1v) is 8.62. The highest BCUT2D eigenvalue weighted by atomic mass is 16.3. The van der Waals surface area contributed by atoms with E-state index < -0.39 is 5.60 Å². The molecule has 125 valence electrons. The Bertz CT molecular complexity index is 542. The first-order valence-electron chi connectivity index (χ1n) is 8.62. The van der Waals surface area contributed by atoms with Crippen LogP contribution in [-0.4, -0.2) is 21.5 Å². The summed E-state index contributed by atoms with van der Waals surface area (Å²) in [5.74, 6) is 0.302. The van der Waals surface area contributed by atoms with Crippen LogP contribution >= 0.6 is 0 Å². The van der Waals surface area contributed by atoms with Gasteiger partial charge in [0.1, 0.15) is 0 Å². The monoisotopic (exact) mass is 314 g/mol. The fraction of sp³-hybridized carbons (Fsp3) is 0.579. The van der Waals surface area contributed by atoms with Gasteiger partial charge in [-0.15, -0.1) is 0 Å². The van der Waals surface area contributed by atoms with Crippen molar-refractivity contribution in [3.63, 3.8) is 0 Å². The quantitative estimate of drug-likeness (QED) is 0.657. The van der Waals surface area contributed by atoms with Crippen LogP contribution in [0.5, 0.6) is 0 Å². The number of aliphatic hydroxyl groups is 1. The van der Waals surface area contributed by atoms with Crippen molar-refractivity contribution in [1.82, 2.24) is 4.98 Å². The molecule has 4 nitrogen and oxygen atoms in total. The standard InChI is InChI=1S/C19H28N3O/c1-3-5-16(20)14-9-11-19(23,12-10-14)15-7-8-18(22-13-15)17(21)6-4-2/h3,7-8,13-14,20-21,23H,4-6,9-12H2,1-2H3. The molecule has 0 bridgehead atoms. The number of nitrogens with zero attached hydrogens (tertiary/aromatic N) is 1. The van der Waals surface area contributed by atoms with Crippen LogP contribution in [0.2, 0.25) is 0 Å². The van der Waals surface area contributed by atoms with E-state index >= 15 is 0 Å². The van der Waals surface area contributed by atoms with Crippen LogP contribution in [0.1, 0.15) is 70.1 Å². The van der Waals surface area contributed by atoms with E-state index in [0.29, 0.717) is 30.2 Å². The van der Waals surface area contributed by atoms with Gasteiger partial charge in [-0.2, -0.15) is 0 Å². The van der Waals surface area contributed by atoms with Gasteiger partial charge in [-0.05, 0) is 56.9 Å². The molecule has 1 fully saturated rings. The molecule has 0 atom stereocenters. The SMILES string of the molecule is C[CH]CC(=N)C1CCC(O)(c2ccc(C(=N)CCC)nc2)CC1. The van der Waals surface area contributed by atoms with E-state index in [-0.39, 0.29) is 0 Å². The average molecular weight is 314 g/mol. The molecule has 4 heteroatoms. The maximum absolute atomic E-state index is 10.9. The Balaban J connectivity index is 2.02. The van der Waals surface area contributed by atoms with Gasteiger partial charge in [0.15, 0.2) is 0 Å². The van der Waals surface area contributed by atoms with Crippen molar-refractivity contribution in [3.05, 3.63) is 36.0 Å². The Morgan fingerprint density at radius 3 is 2.57 bits per heavy atom. The second kappa shape index (κ2) is 7.82. The Hall–Kier alpha value is -1.55. The van der Waals surface area contributed by atoms with E-state index in [2.05, 4.69) is 11.9 Å². The summed E-state index contributed by atoms with van der Waals surface area (Å²) in [6.07, 6.45) is 9.24. The molecule has 0 unspecified atom stereocenters. The van der Waals surface area contributed by atoms with Gasteiger partial charge in [0, 0.05) is 17.5 Å². The minimum Gasteiger partial charge on any atom is -0.385 e.